The van der Waals surface area contributed by atoms with E-state index in [-0.39, 0.29) is 14.5 Å². The summed E-state index contributed by atoms with van der Waals surface area (Å²) < 4.78 is 47.9. The molecule has 0 fully saturated rings. The molecule has 1 aromatic heterocycles. The molecule has 1 aliphatic rings. The number of sulfone groups is 1. The lowest BCUT2D eigenvalue weighted by molar-refractivity contribution is 0.463. The zero-order chi connectivity index (χ0) is 15.1. The molecule has 1 aromatic rings. The van der Waals surface area contributed by atoms with Crippen molar-refractivity contribution in [1.82, 2.24) is 5.32 Å². The van der Waals surface area contributed by atoms with Gasteiger partial charge < -0.3 is 5.32 Å². The Morgan fingerprint density at radius 3 is 2.60 bits per heavy atom. The highest BCUT2D eigenvalue weighted by molar-refractivity contribution is 7.95. The van der Waals surface area contributed by atoms with Crippen LogP contribution in [0.4, 0.5) is 0 Å². The Kier molecular flexibility index (Phi) is 4.27. The second-order valence-corrected chi connectivity index (χ2v) is 10.0. The molecule has 0 aromatic carbocycles. The molecule has 6 nitrogen and oxygen atoms in total. The average Bonchev–Trinajstić information content (AvgIpc) is 2.78. The number of nitrogens with two attached hydrogens (primary N) is 1. The van der Waals surface area contributed by atoms with E-state index in [2.05, 4.69) is 5.32 Å². The number of nitrogens with one attached hydrogen (secondary N) is 1. The smallest absolute Gasteiger partial charge is 0.247 e. The van der Waals surface area contributed by atoms with Crippen LogP contribution in [0, 0.1) is 0 Å². The zero-order valence-electron chi connectivity index (χ0n) is 11.3. The Morgan fingerprint density at radius 2 is 2.10 bits per heavy atom. The van der Waals surface area contributed by atoms with Crippen LogP contribution in [0.5, 0.6) is 0 Å². The van der Waals surface area contributed by atoms with Gasteiger partial charge in [-0.2, -0.15) is 0 Å². The Hall–Kier alpha value is -0.480. The third-order valence-electron chi connectivity index (χ3n) is 3.46. The number of hydrogen-bond acceptors (Lipinski definition) is 6. The van der Waals surface area contributed by atoms with E-state index >= 15 is 0 Å². The Bertz CT molecular complexity index is 706. The van der Waals surface area contributed by atoms with Gasteiger partial charge in [0.05, 0.1) is 5.25 Å². The van der Waals surface area contributed by atoms with Gasteiger partial charge in [0, 0.05) is 11.6 Å². The topological polar surface area (TPSA) is 106 Å². The molecule has 0 aliphatic carbocycles. The van der Waals surface area contributed by atoms with Gasteiger partial charge in [-0.05, 0) is 25.5 Å². The fraction of sp³-hybridized carbons (Fsp3) is 0.636. The van der Waals surface area contributed by atoms with Gasteiger partial charge in [0.15, 0.2) is 9.84 Å². The van der Waals surface area contributed by atoms with Crippen LogP contribution in [0.3, 0.4) is 0 Å². The average molecular weight is 338 g/mol. The molecular formula is C11H18N2O4S3. The maximum atomic E-state index is 12.5. The number of rotatable bonds is 4. The van der Waals surface area contributed by atoms with Gasteiger partial charge in [-0.1, -0.05) is 13.8 Å². The molecule has 9 heteroatoms. The fourth-order valence-corrected chi connectivity index (χ4v) is 7.18. The van der Waals surface area contributed by atoms with Gasteiger partial charge >= 0.3 is 0 Å². The van der Waals surface area contributed by atoms with Crippen LogP contribution >= 0.6 is 11.3 Å². The molecule has 0 unspecified atom stereocenters. The van der Waals surface area contributed by atoms with E-state index in [0.29, 0.717) is 24.9 Å². The lowest BCUT2D eigenvalue weighted by Gasteiger charge is -2.29. The van der Waals surface area contributed by atoms with Crippen LogP contribution in [-0.2, 0) is 19.9 Å². The van der Waals surface area contributed by atoms with Crippen molar-refractivity contribution in [2.75, 3.05) is 6.54 Å². The summed E-state index contributed by atoms with van der Waals surface area (Å²) in [4.78, 5) is 0. The Morgan fingerprint density at radius 1 is 1.45 bits per heavy atom. The molecule has 20 heavy (non-hydrogen) atoms. The lowest BCUT2D eigenvalue weighted by atomic mass is 10.0. The van der Waals surface area contributed by atoms with E-state index in [1.165, 1.54) is 6.07 Å². The maximum Gasteiger partial charge on any atom is 0.247 e. The first kappa shape index (κ1) is 15.9. The molecule has 2 heterocycles. The summed E-state index contributed by atoms with van der Waals surface area (Å²) in [6, 6.07) is 1.25. The molecule has 2 rings (SSSR count). The van der Waals surface area contributed by atoms with Crippen LogP contribution < -0.4 is 10.5 Å². The minimum absolute atomic E-state index is 0.0919. The van der Waals surface area contributed by atoms with Gasteiger partial charge in [0.2, 0.25) is 10.0 Å². The molecule has 0 saturated heterocycles. The second kappa shape index (κ2) is 5.38. The first-order valence-corrected chi connectivity index (χ1v) is 10.3. The van der Waals surface area contributed by atoms with Crippen molar-refractivity contribution in [2.24, 2.45) is 5.14 Å². The van der Waals surface area contributed by atoms with Crippen molar-refractivity contribution in [3.05, 3.63) is 11.6 Å². The molecule has 3 N–H and O–H groups in total. The fourth-order valence-electron chi connectivity index (χ4n) is 2.46. The predicted molar refractivity (Wildman–Crippen MR) is 78.0 cm³/mol. The van der Waals surface area contributed by atoms with Crippen molar-refractivity contribution in [1.29, 1.82) is 0 Å². The summed E-state index contributed by atoms with van der Waals surface area (Å²) in [6.45, 7) is 4.43. The molecule has 0 amide bonds. The van der Waals surface area contributed by atoms with Gasteiger partial charge in [-0.25, -0.2) is 22.0 Å². The van der Waals surface area contributed by atoms with E-state index in [4.69, 9.17) is 5.14 Å². The summed E-state index contributed by atoms with van der Waals surface area (Å²) in [6.07, 6.45) is 0.965. The predicted octanol–water partition coefficient (Wildman–Crippen LogP) is 1.00. The van der Waals surface area contributed by atoms with Gasteiger partial charge in [0.25, 0.3) is 0 Å². The highest BCUT2D eigenvalue weighted by Crippen LogP contribution is 2.43. The highest BCUT2D eigenvalue weighted by Gasteiger charge is 2.40. The standard InChI is InChI=1S/C11H18N2O4S3/c1-3-7-5-9(13-4-2)8-6-10(20(12,16)17)18-11(8)19(7,14)15/h6-7,9,13H,3-5H2,1-2H3,(H2,12,16,17)/t7-,9-/m1/s1. The Labute approximate surface area is 123 Å². The van der Waals surface area contributed by atoms with E-state index in [9.17, 15) is 16.8 Å². The molecular weight excluding hydrogens is 320 g/mol. The van der Waals surface area contributed by atoms with Gasteiger partial charge in [0.1, 0.15) is 8.42 Å². The molecule has 0 saturated carbocycles. The summed E-state index contributed by atoms with van der Waals surface area (Å²) in [5.74, 6) is 0. The summed E-state index contributed by atoms with van der Waals surface area (Å²) >= 11 is 0.757. The SMILES string of the molecule is CCN[C@@H]1C[C@@H](CC)S(=O)(=O)c2sc(S(N)(=O)=O)cc21. The normalized spacial score (nSPS) is 25.4. The Balaban J connectivity index is 2.64. The quantitative estimate of drug-likeness (QED) is 0.852. The minimum Gasteiger partial charge on any atom is -0.310 e. The first-order valence-electron chi connectivity index (χ1n) is 6.35. The minimum atomic E-state index is -3.88. The largest absolute Gasteiger partial charge is 0.310 e. The maximum absolute atomic E-state index is 12.5. The van der Waals surface area contributed by atoms with E-state index in [1.807, 2.05) is 13.8 Å². The molecule has 0 spiro atoms. The van der Waals surface area contributed by atoms with Crippen molar-refractivity contribution in [3.63, 3.8) is 0 Å². The third kappa shape index (κ3) is 2.64. The monoisotopic (exact) mass is 338 g/mol. The van der Waals surface area contributed by atoms with Gasteiger partial charge in [-0.3, -0.25) is 0 Å². The highest BCUT2D eigenvalue weighted by atomic mass is 32.3. The van der Waals surface area contributed by atoms with Crippen LogP contribution in [-0.4, -0.2) is 28.6 Å². The van der Waals surface area contributed by atoms with Crippen molar-refractivity contribution in [2.45, 2.75) is 46.4 Å². The molecule has 114 valence electrons. The number of primary sulfonamides is 1. The van der Waals surface area contributed by atoms with Crippen molar-refractivity contribution < 1.29 is 16.8 Å². The van der Waals surface area contributed by atoms with Crippen molar-refractivity contribution >= 4 is 31.2 Å². The first-order chi connectivity index (χ1) is 9.21. The van der Waals surface area contributed by atoms with E-state index in [1.54, 1.807) is 0 Å². The lowest BCUT2D eigenvalue weighted by Crippen LogP contribution is -2.34. The van der Waals surface area contributed by atoms with Crippen LogP contribution in [0.1, 0.15) is 38.3 Å². The number of fused-ring (bicyclic) bond motifs is 1. The van der Waals surface area contributed by atoms with Gasteiger partial charge in [-0.15, -0.1) is 11.3 Å². The number of sulfonamides is 1. The summed E-state index contributed by atoms with van der Waals surface area (Å²) in [7, 11) is -7.35. The van der Waals surface area contributed by atoms with Crippen molar-refractivity contribution in [3.8, 4) is 0 Å². The van der Waals surface area contributed by atoms with Crippen LogP contribution in [0.25, 0.3) is 0 Å². The number of hydrogen-bond donors (Lipinski definition) is 2. The molecule has 0 radical (unpaired) electrons. The molecule has 2 atom stereocenters. The summed E-state index contributed by atoms with van der Waals surface area (Å²) in [5.41, 5.74) is 0.533. The van der Waals surface area contributed by atoms with Crippen LogP contribution in [0.15, 0.2) is 14.5 Å². The van der Waals surface area contributed by atoms with E-state index < -0.39 is 25.1 Å². The zero-order valence-corrected chi connectivity index (χ0v) is 13.7. The molecule has 1 aliphatic heterocycles. The third-order valence-corrected chi connectivity index (χ3v) is 8.93. The van der Waals surface area contributed by atoms with Crippen LogP contribution in [0.2, 0.25) is 0 Å². The number of thiophene rings is 1. The second-order valence-electron chi connectivity index (χ2n) is 4.77. The van der Waals surface area contributed by atoms with E-state index in [0.717, 1.165) is 11.3 Å². The molecule has 0 bridgehead atoms. The summed E-state index contributed by atoms with van der Waals surface area (Å²) in [5, 5.41) is 7.84.